The van der Waals surface area contributed by atoms with Gasteiger partial charge in [-0.05, 0) is 18.1 Å². The summed E-state index contributed by atoms with van der Waals surface area (Å²) in [7, 11) is 0. The molecule has 0 aliphatic heterocycles. The van der Waals surface area contributed by atoms with E-state index in [1.54, 1.807) is 30.5 Å². The Hall–Kier alpha value is -4.50. The average molecular weight is 535 g/mol. The van der Waals surface area contributed by atoms with Crippen LogP contribution in [0.15, 0.2) is 30.5 Å². The molecule has 1 heterocycles. The molecule has 0 saturated carbocycles. The van der Waals surface area contributed by atoms with E-state index in [1.807, 2.05) is 0 Å². The topological polar surface area (TPSA) is 267 Å². The van der Waals surface area contributed by atoms with Gasteiger partial charge in [-0.1, -0.05) is 18.2 Å². The molecular formula is C23H30N6O9. The van der Waals surface area contributed by atoms with Crippen molar-refractivity contribution in [3.05, 3.63) is 36.0 Å². The van der Waals surface area contributed by atoms with Crippen LogP contribution in [0.5, 0.6) is 0 Å². The second-order valence-corrected chi connectivity index (χ2v) is 8.48. The Labute approximate surface area is 215 Å². The quantitative estimate of drug-likeness (QED) is 0.114. The summed E-state index contributed by atoms with van der Waals surface area (Å²) in [6, 6.07) is 1.21. The second-order valence-electron chi connectivity index (χ2n) is 8.48. The van der Waals surface area contributed by atoms with Crippen molar-refractivity contribution in [1.29, 1.82) is 0 Å². The number of aromatic nitrogens is 1. The molecule has 38 heavy (non-hydrogen) atoms. The lowest BCUT2D eigenvalue weighted by atomic mass is 10.0. The number of para-hydroxylation sites is 1. The third-order valence-electron chi connectivity index (χ3n) is 5.57. The Morgan fingerprint density at radius 2 is 1.50 bits per heavy atom. The number of hydrogen-bond acceptors (Lipinski definition) is 8. The van der Waals surface area contributed by atoms with Crippen molar-refractivity contribution in [2.75, 3.05) is 6.61 Å². The molecule has 1 aromatic heterocycles. The zero-order valence-corrected chi connectivity index (χ0v) is 20.2. The Morgan fingerprint density at radius 3 is 2.11 bits per heavy atom. The fraction of sp³-hybridized carbons (Fsp3) is 0.391. The maximum Gasteiger partial charge on any atom is 0.326 e. The number of amides is 4. The number of rotatable bonds is 15. The fourth-order valence-electron chi connectivity index (χ4n) is 3.57. The van der Waals surface area contributed by atoms with Crippen molar-refractivity contribution >= 4 is 46.5 Å². The summed E-state index contributed by atoms with van der Waals surface area (Å²) >= 11 is 0. The van der Waals surface area contributed by atoms with Gasteiger partial charge in [0.15, 0.2) is 0 Å². The molecule has 15 heteroatoms. The molecule has 2 aromatic rings. The molecule has 0 spiro atoms. The molecule has 0 aliphatic carbocycles. The first-order valence-electron chi connectivity index (χ1n) is 11.5. The SMILES string of the molecule is NC(=O)CC(NC(=O)C(Cc1c[nH]c2ccccc12)NC(=O)C(N)CO)C(=O)NC(CCC(=O)O)C(=O)O. The molecular weight excluding hydrogens is 504 g/mol. The molecule has 0 bridgehead atoms. The molecule has 0 aliphatic rings. The molecule has 11 N–H and O–H groups in total. The number of aromatic amines is 1. The maximum atomic E-state index is 13.2. The number of carbonyl (C=O) groups is 6. The van der Waals surface area contributed by atoms with Crippen LogP contribution >= 0.6 is 0 Å². The van der Waals surface area contributed by atoms with Crippen LogP contribution in [0.1, 0.15) is 24.8 Å². The number of carbonyl (C=O) groups excluding carboxylic acids is 4. The average Bonchev–Trinajstić information content (AvgIpc) is 3.27. The lowest BCUT2D eigenvalue weighted by molar-refractivity contribution is -0.143. The zero-order chi connectivity index (χ0) is 28.4. The van der Waals surface area contributed by atoms with Crippen molar-refractivity contribution in [2.45, 2.75) is 49.9 Å². The third-order valence-corrected chi connectivity index (χ3v) is 5.57. The number of primary amides is 1. The van der Waals surface area contributed by atoms with Gasteiger partial charge in [0.05, 0.1) is 13.0 Å². The van der Waals surface area contributed by atoms with E-state index < -0.39 is 85.6 Å². The predicted octanol–water partition coefficient (Wildman–Crippen LogP) is -2.69. The molecule has 1 aromatic carbocycles. The van der Waals surface area contributed by atoms with E-state index >= 15 is 0 Å². The van der Waals surface area contributed by atoms with Crippen molar-refractivity contribution in [2.24, 2.45) is 11.5 Å². The smallest absolute Gasteiger partial charge is 0.326 e. The van der Waals surface area contributed by atoms with Crippen molar-refractivity contribution < 1.29 is 44.1 Å². The van der Waals surface area contributed by atoms with Crippen molar-refractivity contribution in [3.63, 3.8) is 0 Å². The Balaban J connectivity index is 2.28. The van der Waals surface area contributed by atoms with E-state index in [4.69, 9.17) is 16.6 Å². The molecule has 4 atom stereocenters. The van der Waals surface area contributed by atoms with Crippen molar-refractivity contribution in [1.82, 2.24) is 20.9 Å². The van der Waals surface area contributed by atoms with Gasteiger partial charge in [-0.2, -0.15) is 0 Å². The molecule has 4 unspecified atom stereocenters. The number of carboxylic acids is 2. The van der Waals surface area contributed by atoms with E-state index in [9.17, 15) is 39.0 Å². The molecule has 0 saturated heterocycles. The maximum absolute atomic E-state index is 13.2. The molecule has 15 nitrogen and oxygen atoms in total. The van der Waals surface area contributed by atoms with Crippen LogP contribution in [0.25, 0.3) is 10.9 Å². The normalized spacial score (nSPS) is 14.1. The Morgan fingerprint density at radius 1 is 0.895 bits per heavy atom. The predicted molar refractivity (Wildman–Crippen MR) is 131 cm³/mol. The van der Waals surface area contributed by atoms with Crippen molar-refractivity contribution in [3.8, 4) is 0 Å². The molecule has 2 rings (SSSR count). The van der Waals surface area contributed by atoms with Crippen LogP contribution in [0.2, 0.25) is 0 Å². The van der Waals surface area contributed by atoms with Crippen LogP contribution in [-0.2, 0) is 35.2 Å². The Bertz CT molecular complexity index is 1200. The zero-order valence-electron chi connectivity index (χ0n) is 20.2. The van der Waals surface area contributed by atoms with Gasteiger partial charge in [0, 0.05) is 29.9 Å². The number of nitrogens with two attached hydrogens (primary N) is 2. The van der Waals surface area contributed by atoms with E-state index in [2.05, 4.69) is 20.9 Å². The van der Waals surface area contributed by atoms with Gasteiger partial charge in [0.25, 0.3) is 0 Å². The van der Waals surface area contributed by atoms with E-state index in [0.717, 1.165) is 10.9 Å². The minimum atomic E-state index is -1.64. The summed E-state index contributed by atoms with van der Waals surface area (Å²) in [5.74, 6) is -6.69. The number of hydrogen-bond donors (Lipinski definition) is 9. The first kappa shape index (κ1) is 29.7. The number of fused-ring (bicyclic) bond motifs is 1. The number of aliphatic carboxylic acids is 2. The Kier molecular flexibility index (Phi) is 10.7. The highest BCUT2D eigenvalue weighted by molar-refractivity contribution is 5.96. The second kappa shape index (κ2) is 13.7. The van der Waals surface area contributed by atoms with Crippen LogP contribution < -0.4 is 27.4 Å². The summed E-state index contributed by atoms with van der Waals surface area (Å²) in [6.07, 6.45) is -0.190. The van der Waals surface area contributed by atoms with Gasteiger partial charge in [0.1, 0.15) is 24.2 Å². The van der Waals surface area contributed by atoms with Gasteiger partial charge >= 0.3 is 11.9 Å². The minimum absolute atomic E-state index is 0.0823. The molecule has 0 fully saturated rings. The van der Waals surface area contributed by atoms with Crippen LogP contribution in [0.4, 0.5) is 0 Å². The number of benzene rings is 1. The van der Waals surface area contributed by atoms with Gasteiger partial charge in [0.2, 0.25) is 23.6 Å². The van der Waals surface area contributed by atoms with Crippen LogP contribution in [-0.4, -0.2) is 86.6 Å². The highest BCUT2D eigenvalue weighted by atomic mass is 16.4. The number of nitrogens with one attached hydrogen (secondary N) is 4. The fourth-order valence-corrected chi connectivity index (χ4v) is 3.57. The van der Waals surface area contributed by atoms with E-state index in [1.165, 1.54) is 0 Å². The van der Waals surface area contributed by atoms with E-state index in [0.29, 0.717) is 5.56 Å². The number of carboxylic acid groups (broad SMARTS) is 2. The largest absolute Gasteiger partial charge is 0.481 e. The summed E-state index contributed by atoms with van der Waals surface area (Å²) in [5, 5.41) is 34.8. The molecule has 4 amide bonds. The number of aliphatic hydroxyl groups excluding tert-OH is 1. The summed E-state index contributed by atoms with van der Waals surface area (Å²) in [5.41, 5.74) is 12.1. The number of H-pyrrole nitrogens is 1. The van der Waals surface area contributed by atoms with Crippen LogP contribution in [0, 0.1) is 0 Å². The van der Waals surface area contributed by atoms with Gasteiger partial charge in [-0.3, -0.25) is 24.0 Å². The summed E-state index contributed by atoms with van der Waals surface area (Å²) < 4.78 is 0. The lowest BCUT2D eigenvalue weighted by Gasteiger charge is -2.24. The van der Waals surface area contributed by atoms with Gasteiger partial charge < -0.3 is 47.7 Å². The van der Waals surface area contributed by atoms with Crippen LogP contribution in [0.3, 0.4) is 0 Å². The molecule has 206 valence electrons. The summed E-state index contributed by atoms with van der Waals surface area (Å²) in [4.78, 5) is 75.2. The minimum Gasteiger partial charge on any atom is -0.481 e. The highest BCUT2D eigenvalue weighted by Gasteiger charge is 2.32. The third kappa shape index (κ3) is 8.56. The standard InChI is InChI=1S/C23H30N6O9/c24-13(10-30)20(34)28-16(7-11-9-26-14-4-2-1-3-12(11)14)21(35)29-17(8-18(25)31)22(36)27-15(23(37)38)5-6-19(32)33/h1-4,9,13,15-17,26,30H,5-8,10,24H2,(H2,25,31)(H,27,36)(H,28,34)(H,29,35)(H,32,33)(H,37,38). The van der Waals surface area contributed by atoms with Gasteiger partial charge in [-0.15, -0.1) is 0 Å². The first-order valence-corrected chi connectivity index (χ1v) is 11.5. The lowest BCUT2D eigenvalue weighted by Crippen LogP contribution is -2.58. The molecule has 0 radical (unpaired) electrons. The first-order chi connectivity index (χ1) is 17.9. The number of aliphatic hydroxyl groups is 1. The highest BCUT2D eigenvalue weighted by Crippen LogP contribution is 2.19. The van der Waals surface area contributed by atoms with Gasteiger partial charge in [-0.25, -0.2) is 4.79 Å². The monoisotopic (exact) mass is 534 g/mol. The van der Waals surface area contributed by atoms with E-state index in [-0.39, 0.29) is 6.42 Å². The summed E-state index contributed by atoms with van der Waals surface area (Å²) in [6.45, 7) is -0.702.